The van der Waals surface area contributed by atoms with Crippen LogP contribution in [0, 0.1) is 12.8 Å². The van der Waals surface area contributed by atoms with Gasteiger partial charge in [-0.1, -0.05) is 6.92 Å². The molecule has 1 amide bonds. The van der Waals surface area contributed by atoms with Crippen LogP contribution in [0.4, 0.5) is 19.0 Å². The molecule has 1 aliphatic carbocycles. The molecule has 0 aromatic carbocycles. The first-order chi connectivity index (χ1) is 18.5. The average molecular weight is 582 g/mol. The predicted molar refractivity (Wildman–Crippen MR) is 138 cm³/mol. The lowest BCUT2D eigenvalue weighted by Crippen LogP contribution is -2.41. The molecule has 1 saturated carbocycles. The zero-order valence-corrected chi connectivity index (χ0v) is 23.5. The second-order valence-corrected chi connectivity index (χ2v) is 12.8. The Balaban J connectivity index is 1.50. The third-order valence-electron chi connectivity index (χ3n) is 7.24. The molecule has 1 saturated heterocycles. The zero-order chi connectivity index (χ0) is 29.3. The highest BCUT2D eigenvalue weighted by Gasteiger charge is 2.66. The number of pyridine rings is 1. The smallest absolute Gasteiger partial charge is 0.428 e. The van der Waals surface area contributed by atoms with Crippen molar-refractivity contribution in [3.05, 3.63) is 41.9 Å². The summed E-state index contributed by atoms with van der Waals surface area (Å²) in [5.41, 5.74) is -2.38. The number of rotatable bonds is 7. The first-order valence-electron chi connectivity index (χ1n) is 12.7. The number of hydrogen-bond donors (Lipinski definition) is 1. The van der Waals surface area contributed by atoms with E-state index in [4.69, 9.17) is 4.74 Å². The summed E-state index contributed by atoms with van der Waals surface area (Å²) in [5.74, 6) is -0.361. The molecule has 40 heavy (non-hydrogen) atoms. The van der Waals surface area contributed by atoms with Gasteiger partial charge in [0, 0.05) is 50.4 Å². The number of nitrogens with zero attached hydrogens (tertiary/aromatic N) is 6. The summed E-state index contributed by atoms with van der Waals surface area (Å²) in [4.78, 5) is 19.9. The number of carbonyl (C=O) groups is 1. The molecule has 0 bridgehead atoms. The van der Waals surface area contributed by atoms with Crippen molar-refractivity contribution in [2.45, 2.75) is 69.2 Å². The van der Waals surface area contributed by atoms with Crippen molar-refractivity contribution < 1.29 is 31.1 Å². The summed E-state index contributed by atoms with van der Waals surface area (Å²) in [6.45, 7) is 8.13. The number of carbonyl (C=O) groups excluding carboxylic acids is 1. The van der Waals surface area contributed by atoms with Crippen LogP contribution < -0.4 is 14.4 Å². The molecule has 1 atom stereocenters. The number of ether oxygens (including phenoxy) is 1. The van der Waals surface area contributed by atoms with Gasteiger partial charge in [-0.15, -0.1) is 5.10 Å². The van der Waals surface area contributed by atoms with E-state index >= 15 is 0 Å². The topological polar surface area (TPSA) is 124 Å². The maximum atomic E-state index is 13.4. The number of nitrogens with one attached hydrogen (secondary N) is 1. The molecular formula is C25H30F3N7O4S. The first kappa shape index (κ1) is 27.9. The van der Waals surface area contributed by atoms with Crippen LogP contribution in [0.1, 0.15) is 56.1 Å². The van der Waals surface area contributed by atoms with Crippen LogP contribution in [0.5, 0.6) is 5.88 Å². The highest BCUT2D eigenvalue weighted by atomic mass is 32.2. The minimum Gasteiger partial charge on any atom is -0.460 e. The quantitative estimate of drug-likeness (QED) is 0.450. The monoisotopic (exact) mass is 581 g/mol. The zero-order valence-electron chi connectivity index (χ0n) is 22.7. The largest absolute Gasteiger partial charge is 0.460 e. The van der Waals surface area contributed by atoms with E-state index in [0.29, 0.717) is 6.54 Å². The van der Waals surface area contributed by atoms with Crippen LogP contribution in [0.15, 0.2) is 35.5 Å². The number of halogens is 3. The number of amides is 1. The van der Waals surface area contributed by atoms with Crippen molar-refractivity contribution in [1.82, 2.24) is 29.3 Å². The van der Waals surface area contributed by atoms with Crippen molar-refractivity contribution in [3.63, 3.8) is 0 Å². The van der Waals surface area contributed by atoms with Gasteiger partial charge in [-0.3, -0.25) is 9.48 Å². The number of hydrogen-bond acceptors (Lipinski definition) is 8. The van der Waals surface area contributed by atoms with Gasteiger partial charge < -0.3 is 9.64 Å². The van der Waals surface area contributed by atoms with E-state index in [9.17, 15) is 26.4 Å². The van der Waals surface area contributed by atoms with E-state index in [1.807, 2.05) is 18.7 Å². The number of sulfonamides is 1. The van der Waals surface area contributed by atoms with E-state index in [2.05, 4.69) is 26.8 Å². The minimum absolute atomic E-state index is 0.0219. The highest BCUT2D eigenvalue weighted by molar-refractivity contribution is 7.90. The normalized spacial score (nSPS) is 20.0. The predicted octanol–water partition coefficient (Wildman–Crippen LogP) is 3.53. The first-order valence-corrected chi connectivity index (χ1v) is 14.2. The number of alkyl halides is 3. The molecule has 1 aliphatic heterocycles. The van der Waals surface area contributed by atoms with Crippen LogP contribution in [-0.2, 0) is 17.1 Å². The Morgan fingerprint density at radius 3 is 2.42 bits per heavy atom. The Morgan fingerprint density at radius 2 is 1.88 bits per heavy atom. The molecule has 0 unspecified atom stereocenters. The Bertz CT molecular complexity index is 1570. The lowest BCUT2D eigenvalue weighted by molar-refractivity contribution is -0.209. The molecule has 1 N–H and O–H groups in total. The molecule has 11 nitrogen and oxygen atoms in total. The van der Waals surface area contributed by atoms with Gasteiger partial charge in [0.15, 0.2) is 5.82 Å². The number of anilines is 1. The maximum absolute atomic E-state index is 13.4. The van der Waals surface area contributed by atoms with E-state index in [1.54, 1.807) is 7.05 Å². The van der Waals surface area contributed by atoms with Crippen LogP contribution in [0.2, 0.25) is 0 Å². The van der Waals surface area contributed by atoms with Gasteiger partial charge >= 0.3 is 6.18 Å². The lowest BCUT2D eigenvalue weighted by Gasteiger charge is -2.34. The third-order valence-corrected chi connectivity index (χ3v) is 8.67. The average Bonchev–Trinajstić information content (AvgIpc) is 3.19. The number of aryl methyl sites for hydroxylation is 2. The summed E-state index contributed by atoms with van der Waals surface area (Å²) < 4.78 is 76.0. The molecule has 3 aromatic rings. The van der Waals surface area contributed by atoms with Gasteiger partial charge in [0.1, 0.15) is 10.7 Å². The fourth-order valence-corrected chi connectivity index (χ4v) is 6.41. The third kappa shape index (κ3) is 5.02. The van der Waals surface area contributed by atoms with E-state index in [0.717, 1.165) is 6.42 Å². The molecule has 0 radical (unpaired) electrons. The fourth-order valence-electron chi connectivity index (χ4n) is 5.23. The van der Waals surface area contributed by atoms with Crippen molar-refractivity contribution in [3.8, 4) is 11.7 Å². The van der Waals surface area contributed by atoms with Gasteiger partial charge in [-0.2, -0.15) is 18.3 Å². The van der Waals surface area contributed by atoms with Crippen LogP contribution >= 0.6 is 0 Å². The Morgan fingerprint density at radius 1 is 1.18 bits per heavy atom. The van der Waals surface area contributed by atoms with Crippen molar-refractivity contribution in [2.24, 2.45) is 13.0 Å². The number of aromatic nitrogens is 5. The molecule has 0 spiro atoms. The van der Waals surface area contributed by atoms with Crippen LogP contribution in [0.3, 0.4) is 0 Å². The molecule has 4 heterocycles. The van der Waals surface area contributed by atoms with Gasteiger partial charge in [0.05, 0.1) is 11.3 Å². The molecule has 5 rings (SSSR count). The molecule has 3 aromatic heterocycles. The van der Waals surface area contributed by atoms with E-state index in [-0.39, 0.29) is 52.4 Å². The van der Waals surface area contributed by atoms with Crippen molar-refractivity contribution >= 4 is 21.7 Å². The van der Waals surface area contributed by atoms with Gasteiger partial charge in [0.2, 0.25) is 11.5 Å². The van der Waals surface area contributed by atoms with E-state index < -0.39 is 33.2 Å². The Hall–Kier alpha value is -3.62. The standard InChI is InChI=1S/C25H30F3N7O4S/c1-15-12-23(3,4)34(13-15)21-17(22(36)32-40(37,38)18-14-33(5)30-16(18)2)6-7-19(29-21)35-11-8-20(31-35)39-24(9-10-24)25(26,27)28/h6-8,11,14-15H,9-10,12-13H2,1-5H3,(H,32,36)/t15-/m0/s1. The Kier molecular flexibility index (Phi) is 6.43. The summed E-state index contributed by atoms with van der Waals surface area (Å²) in [6, 6.07) is 4.19. The van der Waals surface area contributed by atoms with Crippen LogP contribution in [-0.4, -0.2) is 62.7 Å². The van der Waals surface area contributed by atoms with Crippen LogP contribution in [0.25, 0.3) is 5.82 Å². The summed E-state index contributed by atoms with van der Waals surface area (Å²) in [6.07, 6.45) is -1.27. The van der Waals surface area contributed by atoms with Gasteiger partial charge in [0.25, 0.3) is 15.9 Å². The fraction of sp³-hybridized carbons (Fsp3) is 0.520. The van der Waals surface area contributed by atoms with Gasteiger partial charge in [-0.25, -0.2) is 22.8 Å². The second-order valence-electron chi connectivity index (χ2n) is 11.2. The molecular weight excluding hydrogens is 551 g/mol. The summed E-state index contributed by atoms with van der Waals surface area (Å²) in [7, 11) is -2.66. The maximum Gasteiger partial charge on any atom is 0.428 e. The SMILES string of the molecule is Cc1nn(C)cc1S(=O)(=O)NC(=O)c1ccc(-n2ccc(OC3(C(F)(F)F)CC3)n2)nc1N1C[C@@H](C)CC1(C)C. The van der Waals surface area contributed by atoms with E-state index in [1.165, 1.54) is 46.9 Å². The highest BCUT2D eigenvalue weighted by Crippen LogP contribution is 2.51. The molecule has 15 heteroatoms. The lowest BCUT2D eigenvalue weighted by atomic mass is 9.97. The summed E-state index contributed by atoms with van der Waals surface area (Å²) in [5, 5.41) is 8.17. The molecule has 2 fully saturated rings. The van der Waals surface area contributed by atoms with Crippen molar-refractivity contribution in [2.75, 3.05) is 11.4 Å². The van der Waals surface area contributed by atoms with Crippen molar-refractivity contribution in [1.29, 1.82) is 0 Å². The molecule has 216 valence electrons. The molecule has 2 aliphatic rings. The second kappa shape index (κ2) is 9.21. The summed E-state index contributed by atoms with van der Waals surface area (Å²) >= 11 is 0. The van der Waals surface area contributed by atoms with Gasteiger partial charge in [-0.05, 0) is 45.2 Å². The Labute approximate surface area is 229 Å². The minimum atomic E-state index is -4.51.